The Morgan fingerprint density at radius 3 is 2.35 bits per heavy atom. The maximum atomic E-state index is 13.6. The van der Waals surface area contributed by atoms with Gasteiger partial charge >= 0.3 is 0 Å². The number of halogens is 2. The first-order valence-corrected chi connectivity index (χ1v) is 7.10. The Balaban J connectivity index is 2.07. The Kier molecular flexibility index (Phi) is 5.18. The molecule has 0 aromatic heterocycles. The average molecular weight is 336 g/mol. The molecule has 7 heteroatoms. The first kappa shape index (κ1) is 16.8. The zero-order valence-corrected chi connectivity index (χ0v) is 13.3. The maximum absolute atomic E-state index is 13.6. The van der Waals surface area contributed by atoms with Gasteiger partial charge in [0.25, 0.3) is 11.8 Å². The standard InChI is InChI=1S/C16H15ClFN3O2/c1-21(2)11-6-3-5-10(9-11)15(22)19-20-16(23)14-12(17)7-4-8-13(14)18/h3-9H,1-2H3,(H,19,22)(H,20,23). The van der Waals surface area contributed by atoms with Gasteiger partial charge in [0.15, 0.2) is 0 Å². The summed E-state index contributed by atoms with van der Waals surface area (Å²) >= 11 is 5.79. The highest BCUT2D eigenvalue weighted by atomic mass is 35.5. The molecule has 2 aromatic rings. The molecule has 0 bridgehead atoms. The number of benzene rings is 2. The molecule has 23 heavy (non-hydrogen) atoms. The lowest BCUT2D eigenvalue weighted by Crippen LogP contribution is -2.42. The molecule has 2 amide bonds. The van der Waals surface area contributed by atoms with Crippen molar-refractivity contribution in [2.24, 2.45) is 0 Å². The lowest BCUT2D eigenvalue weighted by atomic mass is 10.2. The minimum absolute atomic E-state index is 0.0358. The van der Waals surface area contributed by atoms with Crippen LogP contribution in [0.3, 0.4) is 0 Å². The number of nitrogens with zero attached hydrogens (tertiary/aromatic N) is 1. The molecule has 2 N–H and O–H groups in total. The number of hydrogen-bond acceptors (Lipinski definition) is 3. The summed E-state index contributed by atoms with van der Waals surface area (Å²) in [6.07, 6.45) is 0. The summed E-state index contributed by atoms with van der Waals surface area (Å²) in [5.41, 5.74) is 5.26. The molecule has 0 unspecified atom stereocenters. The van der Waals surface area contributed by atoms with Gasteiger partial charge in [-0.25, -0.2) is 4.39 Å². The second kappa shape index (κ2) is 7.11. The molecular weight excluding hydrogens is 321 g/mol. The van der Waals surface area contributed by atoms with Crippen LogP contribution in [0.2, 0.25) is 5.02 Å². The molecule has 0 aliphatic rings. The summed E-state index contributed by atoms with van der Waals surface area (Å²) < 4.78 is 13.6. The first-order chi connectivity index (χ1) is 10.9. The van der Waals surface area contributed by atoms with Gasteiger partial charge in [-0.1, -0.05) is 23.7 Å². The number of hydrogen-bond donors (Lipinski definition) is 2. The maximum Gasteiger partial charge on any atom is 0.274 e. The summed E-state index contributed by atoms with van der Waals surface area (Å²) in [5, 5.41) is -0.0358. The normalized spacial score (nSPS) is 10.1. The largest absolute Gasteiger partial charge is 0.378 e. The van der Waals surface area contributed by atoms with E-state index in [0.717, 1.165) is 11.8 Å². The van der Waals surface area contributed by atoms with Gasteiger partial charge in [0.05, 0.1) is 10.6 Å². The van der Waals surface area contributed by atoms with Crippen molar-refractivity contribution in [3.63, 3.8) is 0 Å². The van der Waals surface area contributed by atoms with Gasteiger partial charge in [-0.05, 0) is 30.3 Å². The van der Waals surface area contributed by atoms with Gasteiger partial charge in [0.2, 0.25) is 0 Å². The Bertz CT molecular complexity index is 730. The van der Waals surface area contributed by atoms with Crippen molar-refractivity contribution in [1.29, 1.82) is 0 Å². The van der Waals surface area contributed by atoms with Gasteiger partial charge in [-0.15, -0.1) is 0 Å². The molecule has 2 rings (SSSR count). The Morgan fingerprint density at radius 1 is 1.04 bits per heavy atom. The Morgan fingerprint density at radius 2 is 1.70 bits per heavy atom. The molecular formula is C16H15ClFN3O2. The molecule has 0 spiro atoms. The van der Waals surface area contributed by atoms with Gasteiger partial charge in [-0.3, -0.25) is 20.4 Å². The molecule has 0 aliphatic carbocycles. The van der Waals surface area contributed by atoms with Crippen molar-refractivity contribution in [3.05, 3.63) is 64.4 Å². The second-order valence-corrected chi connectivity index (χ2v) is 5.36. The quantitative estimate of drug-likeness (QED) is 0.848. The van der Waals surface area contributed by atoms with E-state index in [1.54, 1.807) is 18.2 Å². The van der Waals surface area contributed by atoms with E-state index in [0.29, 0.717) is 5.56 Å². The fraction of sp³-hybridized carbons (Fsp3) is 0.125. The van der Waals surface area contributed by atoms with Crippen molar-refractivity contribution in [2.75, 3.05) is 19.0 Å². The zero-order chi connectivity index (χ0) is 17.0. The molecule has 0 atom stereocenters. The van der Waals surface area contributed by atoms with Crippen molar-refractivity contribution >= 4 is 29.1 Å². The van der Waals surface area contributed by atoms with Crippen LogP contribution in [-0.4, -0.2) is 25.9 Å². The molecule has 0 radical (unpaired) electrons. The molecule has 0 saturated carbocycles. The van der Waals surface area contributed by atoms with E-state index in [-0.39, 0.29) is 10.6 Å². The molecule has 0 heterocycles. The number of carbonyl (C=O) groups excluding carboxylic acids is 2. The van der Waals surface area contributed by atoms with Crippen molar-refractivity contribution < 1.29 is 14.0 Å². The fourth-order valence-corrected chi connectivity index (χ4v) is 2.14. The highest BCUT2D eigenvalue weighted by molar-refractivity contribution is 6.33. The smallest absolute Gasteiger partial charge is 0.274 e. The summed E-state index contributed by atoms with van der Waals surface area (Å²) in [7, 11) is 3.69. The molecule has 0 aliphatic heterocycles. The minimum Gasteiger partial charge on any atom is -0.378 e. The molecule has 0 saturated heterocycles. The van der Waals surface area contributed by atoms with Crippen LogP contribution in [0.4, 0.5) is 10.1 Å². The first-order valence-electron chi connectivity index (χ1n) is 6.72. The topological polar surface area (TPSA) is 61.4 Å². The third kappa shape index (κ3) is 3.98. The molecule has 5 nitrogen and oxygen atoms in total. The van der Waals surface area contributed by atoms with E-state index in [1.165, 1.54) is 12.1 Å². The van der Waals surface area contributed by atoms with E-state index in [2.05, 4.69) is 10.9 Å². The van der Waals surface area contributed by atoms with E-state index in [9.17, 15) is 14.0 Å². The van der Waals surface area contributed by atoms with E-state index in [4.69, 9.17) is 11.6 Å². The number of amides is 2. The second-order valence-electron chi connectivity index (χ2n) is 4.95. The predicted octanol–water partition coefficient (Wildman–Crippen LogP) is 2.62. The average Bonchev–Trinajstić information content (AvgIpc) is 2.52. The highest BCUT2D eigenvalue weighted by Gasteiger charge is 2.16. The number of anilines is 1. The van der Waals surface area contributed by atoms with Crippen LogP contribution in [0.25, 0.3) is 0 Å². The predicted molar refractivity (Wildman–Crippen MR) is 87.1 cm³/mol. The van der Waals surface area contributed by atoms with Gasteiger partial charge in [0.1, 0.15) is 5.82 Å². The molecule has 120 valence electrons. The number of hydrazine groups is 1. The molecule has 2 aromatic carbocycles. The number of carbonyl (C=O) groups is 2. The van der Waals surface area contributed by atoms with Crippen molar-refractivity contribution in [2.45, 2.75) is 0 Å². The Labute approximate surface area is 138 Å². The van der Waals surface area contributed by atoms with E-state index < -0.39 is 17.6 Å². The van der Waals surface area contributed by atoms with Crippen molar-refractivity contribution in [3.8, 4) is 0 Å². The number of nitrogens with one attached hydrogen (secondary N) is 2. The monoisotopic (exact) mass is 335 g/mol. The van der Waals surface area contributed by atoms with Gasteiger partial charge in [-0.2, -0.15) is 0 Å². The van der Waals surface area contributed by atoms with Crippen LogP contribution >= 0.6 is 11.6 Å². The highest BCUT2D eigenvalue weighted by Crippen LogP contribution is 2.18. The summed E-state index contributed by atoms with van der Waals surface area (Å²) in [4.78, 5) is 25.8. The van der Waals surface area contributed by atoms with Crippen molar-refractivity contribution in [1.82, 2.24) is 10.9 Å². The third-order valence-corrected chi connectivity index (χ3v) is 3.42. The summed E-state index contributed by atoms with van der Waals surface area (Å²) in [5.74, 6) is -2.11. The zero-order valence-electron chi connectivity index (χ0n) is 12.6. The van der Waals surface area contributed by atoms with Crippen LogP contribution in [0.1, 0.15) is 20.7 Å². The number of rotatable bonds is 3. The van der Waals surface area contributed by atoms with Crippen LogP contribution in [-0.2, 0) is 0 Å². The SMILES string of the molecule is CN(C)c1cccc(C(=O)NNC(=O)c2c(F)cccc2Cl)c1. The fourth-order valence-electron chi connectivity index (χ4n) is 1.89. The summed E-state index contributed by atoms with van der Waals surface area (Å²) in [6, 6.07) is 10.7. The molecule has 0 fully saturated rings. The third-order valence-electron chi connectivity index (χ3n) is 3.10. The summed E-state index contributed by atoms with van der Waals surface area (Å²) in [6.45, 7) is 0. The van der Waals surface area contributed by atoms with E-state index in [1.807, 2.05) is 25.1 Å². The minimum atomic E-state index is -0.829. The van der Waals surface area contributed by atoms with Gasteiger partial charge in [0, 0.05) is 25.3 Å². The van der Waals surface area contributed by atoms with Crippen LogP contribution in [0.5, 0.6) is 0 Å². The van der Waals surface area contributed by atoms with Crippen LogP contribution < -0.4 is 15.8 Å². The van der Waals surface area contributed by atoms with Crippen LogP contribution in [0.15, 0.2) is 42.5 Å². The van der Waals surface area contributed by atoms with Gasteiger partial charge < -0.3 is 4.90 Å². The van der Waals surface area contributed by atoms with Crippen LogP contribution in [0, 0.1) is 5.82 Å². The lowest BCUT2D eigenvalue weighted by Gasteiger charge is -2.14. The Hall–Kier alpha value is -2.60. The lowest BCUT2D eigenvalue weighted by molar-refractivity contribution is 0.0844. The van der Waals surface area contributed by atoms with E-state index >= 15 is 0 Å².